The van der Waals surface area contributed by atoms with E-state index in [2.05, 4.69) is 25.7 Å². The molecule has 0 aromatic rings. The van der Waals surface area contributed by atoms with Gasteiger partial charge in [-0.1, -0.05) is 40.0 Å². The van der Waals surface area contributed by atoms with Crippen LogP contribution in [0.5, 0.6) is 0 Å². The molecule has 142 valence electrons. The third kappa shape index (κ3) is 4.38. The largest absolute Gasteiger partial charge is 0.341 e. The van der Waals surface area contributed by atoms with Gasteiger partial charge < -0.3 is 9.80 Å². The van der Waals surface area contributed by atoms with Crippen LogP contribution in [0.25, 0.3) is 0 Å². The highest BCUT2D eigenvalue weighted by Gasteiger charge is 2.41. The monoisotopic (exact) mass is 348 g/mol. The first-order valence-corrected chi connectivity index (χ1v) is 10.4. The summed E-state index contributed by atoms with van der Waals surface area (Å²) >= 11 is 0. The Morgan fingerprint density at radius 2 is 1.56 bits per heavy atom. The summed E-state index contributed by atoms with van der Waals surface area (Å²) in [6.45, 7) is 8.82. The third-order valence-corrected chi connectivity index (χ3v) is 6.59. The SMILES string of the molecule is CC(C)(C)CC(=O)N1CCCC1C(=O)N1CCC2(CCCCC2)CC1. The Morgan fingerprint density at radius 3 is 2.16 bits per heavy atom. The standard InChI is InChI=1S/C21H36N2O2/c1-20(2,3)16-18(24)23-13-7-8-17(23)19(25)22-14-11-21(12-15-22)9-5-4-6-10-21/h17H,4-16H2,1-3H3. The predicted molar refractivity (Wildman–Crippen MR) is 100 cm³/mol. The summed E-state index contributed by atoms with van der Waals surface area (Å²) in [7, 11) is 0. The van der Waals surface area contributed by atoms with E-state index in [1.165, 1.54) is 44.9 Å². The fourth-order valence-corrected chi connectivity index (χ4v) is 5.09. The number of rotatable bonds is 2. The van der Waals surface area contributed by atoms with E-state index in [1.807, 2.05) is 4.90 Å². The lowest BCUT2D eigenvalue weighted by Gasteiger charge is -2.45. The molecule has 0 N–H and O–H groups in total. The van der Waals surface area contributed by atoms with Crippen LogP contribution in [0.4, 0.5) is 0 Å². The molecule has 4 nitrogen and oxygen atoms in total. The Hall–Kier alpha value is -1.06. The van der Waals surface area contributed by atoms with Gasteiger partial charge in [0, 0.05) is 26.1 Å². The average Bonchev–Trinajstić information content (AvgIpc) is 3.04. The summed E-state index contributed by atoms with van der Waals surface area (Å²) in [5, 5.41) is 0. The Labute approximate surface area is 153 Å². The summed E-state index contributed by atoms with van der Waals surface area (Å²) < 4.78 is 0. The van der Waals surface area contributed by atoms with E-state index < -0.39 is 0 Å². The van der Waals surface area contributed by atoms with Gasteiger partial charge in [0.05, 0.1) is 0 Å². The molecule has 2 saturated heterocycles. The zero-order chi connectivity index (χ0) is 18.1. The van der Waals surface area contributed by atoms with Crippen molar-refractivity contribution in [3.63, 3.8) is 0 Å². The smallest absolute Gasteiger partial charge is 0.245 e. The summed E-state index contributed by atoms with van der Waals surface area (Å²) in [5.74, 6) is 0.370. The van der Waals surface area contributed by atoms with Crippen LogP contribution in [0.2, 0.25) is 0 Å². The number of hydrogen-bond acceptors (Lipinski definition) is 2. The molecule has 4 heteroatoms. The lowest BCUT2D eigenvalue weighted by atomic mass is 9.68. The average molecular weight is 349 g/mol. The fraction of sp³-hybridized carbons (Fsp3) is 0.905. The Bertz CT molecular complexity index is 493. The molecular formula is C21H36N2O2. The van der Waals surface area contributed by atoms with Gasteiger partial charge in [-0.25, -0.2) is 0 Å². The maximum absolute atomic E-state index is 13.1. The van der Waals surface area contributed by atoms with Gasteiger partial charge in [0.25, 0.3) is 0 Å². The van der Waals surface area contributed by atoms with Crippen LogP contribution in [-0.4, -0.2) is 47.3 Å². The Balaban J connectivity index is 1.58. The first-order valence-electron chi connectivity index (χ1n) is 10.4. The minimum absolute atomic E-state index is 0.0221. The van der Waals surface area contributed by atoms with Crippen molar-refractivity contribution in [2.24, 2.45) is 10.8 Å². The first kappa shape index (κ1) is 18.7. The molecule has 3 aliphatic rings. The van der Waals surface area contributed by atoms with Crippen molar-refractivity contribution in [1.82, 2.24) is 9.80 Å². The van der Waals surface area contributed by atoms with E-state index in [1.54, 1.807) is 0 Å². The molecule has 1 atom stereocenters. The molecule has 3 rings (SSSR count). The van der Waals surface area contributed by atoms with Gasteiger partial charge >= 0.3 is 0 Å². The number of carbonyl (C=O) groups is 2. The van der Waals surface area contributed by atoms with Crippen LogP contribution in [0, 0.1) is 10.8 Å². The molecule has 3 fully saturated rings. The molecule has 2 aliphatic heterocycles. The first-order chi connectivity index (χ1) is 11.8. The van der Waals surface area contributed by atoms with Crippen molar-refractivity contribution in [2.75, 3.05) is 19.6 Å². The van der Waals surface area contributed by atoms with Crippen LogP contribution in [0.3, 0.4) is 0 Å². The van der Waals surface area contributed by atoms with E-state index in [0.717, 1.165) is 32.5 Å². The molecular weight excluding hydrogens is 312 g/mol. The number of likely N-dealkylation sites (tertiary alicyclic amines) is 2. The molecule has 1 unspecified atom stereocenters. The maximum Gasteiger partial charge on any atom is 0.245 e. The highest BCUT2D eigenvalue weighted by molar-refractivity contribution is 5.88. The predicted octanol–water partition coefficient (Wildman–Crippen LogP) is 3.99. The molecule has 0 aromatic heterocycles. The molecule has 1 saturated carbocycles. The van der Waals surface area contributed by atoms with Gasteiger partial charge in [-0.2, -0.15) is 0 Å². The normalized spacial score (nSPS) is 26.9. The number of nitrogens with zero attached hydrogens (tertiary/aromatic N) is 2. The molecule has 0 radical (unpaired) electrons. The molecule has 2 heterocycles. The number of hydrogen-bond donors (Lipinski definition) is 0. The maximum atomic E-state index is 13.1. The van der Waals surface area contributed by atoms with Gasteiger partial charge in [-0.15, -0.1) is 0 Å². The molecule has 1 spiro atoms. The van der Waals surface area contributed by atoms with Crippen LogP contribution in [-0.2, 0) is 9.59 Å². The molecule has 25 heavy (non-hydrogen) atoms. The number of amides is 2. The second-order valence-electron chi connectivity index (χ2n) is 9.87. The lowest BCUT2D eigenvalue weighted by molar-refractivity contribution is -0.146. The van der Waals surface area contributed by atoms with Crippen molar-refractivity contribution in [1.29, 1.82) is 0 Å². The van der Waals surface area contributed by atoms with Crippen molar-refractivity contribution < 1.29 is 9.59 Å². The quantitative estimate of drug-likeness (QED) is 0.757. The highest BCUT2D eigenvalue weighted by Crippen LogP contribution is 2.44. The van der Waals surface area contributed by atoms with Gasteiger partial charge in [-0.3, -0.25) is 9.59 Å². The second kappa shape index (κ2) is 7.28. The molecule has 0 aromatic carbocycles. The Kier molecular flexibility index (Phi) is 5.45. The van der Waals surface area contributed by atoms with Gasteiger partial charge in [0.1, 0.15) is 6.04 Å². The van der Waals surface area contributed by atoms with E-state index >= 15 is 0 Å². The summed E-state index contributed by atoms with van der Waals surface area (Å²) in [5.41, 5.74) is 0.498. The van der Waals surface area contributed by atoms with Crippen molar-refractivity contribution in [3.8, 4) is 0 Å². The van der Waals surface area contributed by atoms with Crippen molar-refractivity contribution in [2.45, 2.75) is 91.0 Å². The van der Waals surface area contributed by atoms with Crippen molar-refractivity contribution >= 4 is 11.8 Å². The van der Waals surface area contributed by atoms with Gasteiger partial charge in [-0.05, 0) is 49.4 Å². The van der Waals surface area contributed by atoms with Crippen molar-refractivity contribution in [3.05, 3.63) is 0 Å². The number of carbonyl (C=O) groups excluding carboxylic acids is 2. The second-order valence-corrected chi connectivity index (χ2v) is 9.87. The molecule has 0 bridgehead atoms. The minimum Gasteiger partial charge on any atom is -0.341 e. The van der Waals surface area contributed by atoms with Crippen LogP contribution < -0.4 is 0 Å². The lowest BCUT2D eigenvalue weighted by Crippen LogP contribution is -2.52. The minimum atomic E-state index is -0.199. The fourth-order valence-electron chi connectivity index (χ4n) is 5.09. The zero-order valence-electron chi connectivity index (χ0n) is 16.5. The summed E-state index contributed by atoms with van der Waals surface area (Å²) in [6.07, 6.45) is 11.5. The van der Waals surface area contributed by atoms with E-state index in [9.17, 15) is 9.59 Å². The van der Waals surface area contributed by atoms with E-state index in [-0.39, 0.29) is 23.3 Å². The third-order valence-electron chi connectivity index (χ3n) is 6.59. The van der Waals surface area contributed by atoms with Crippen LogP contribution in [0.15, 0.2) is 0 Å². The van der Waals surface area contributed by atoms with E-state index in [4.69, 9.17) is 0 Å². The van der Waals surface area contributed by atoms with E-state index in [0.29, 0.717) is 11.8 Å². The molecule has 1 aliphatic carbocycles. The number of piperidine rings is 1. The molecule has 2 amide bonds. The topological polar surface area (TPSA) is 40.6 Å². The Morgan fingerprint density at radius 1 is 0.920 bits per heavy atom. The van der Waals surface area contributed by atoms with Crippen LogP contribution in [0.1, 0.15) is 85.0 Å². The summed E-state index contributed by atoms with van der Waals surface area (Å²) in [6, 6.07) is -0.199. The zero-order valence-corrected chi connectivity index (χ0v) is 16.5. The van der Waals surface area contributed by atoms with Crippen LogP contribution >= 0.6 is 0 Å². The summed E-state index contributed by atoms with van der Waals surface area (Å²) in [4.78, 5) is 29.7. The van der Waals surface area contributed by atoms with Gasteiger partial charge in [0.2, 0.25) is 11.8 Å². The van der Waals surface area contributed by atoms with Gasteiger partial charge in [0.15, 0.2) is 0 Å². The highest BCUT2D eigenvalue weighted by atomic mass is 16.2.